The van der Waals surface area contributed by atoms with Gasteiger partial charge in [0.25, 0.3) is 0 Å². The Morgan fingerprint density at radius 3 is 2.75 bits per heavy atom. The lowest BCUT2D eigenvalue weighted by atomic mass is 10.3. The van der Waals surface area contributed by atoms with Crippen LogP contribution in [0.3, 0.4) is 0 Å². The molecule has 5 heteroatoms. The highest BCUT2D eigenvalue weighted by Gasteiger charge is 2.03. The van der Waals surface area contributed by atoms with E-state index in [1.54, 1.807) is 29.2 Å². The summed E-state index contributed by atoms with van der Waals surface area (Å²) in [4.78, 5) is 2.40. The first-order valence-electron chi connectivity index (χ1n) is 4.57. The molecule has 0 aliphatic carbocycles. The molecule has 0 aliphatic rings. The molecule has 0 spiro atoms. The lowest BCUT2D eigenvalue weighted by molar-refractivity contribution is 1.43. The van der Waals surface area contributed by atoms with Crippen LogP contribution in [0.15, 0.2) is 39.0 Å². The van der Waals surface area contributed by atoms with Crippen molar-refractivity contribution < 1.29 is 0 Å². The van der Waals surface area contributed by atoms with Crippen LogP contribution in [-0.4, -0.2) is 0 Å². The molecule has 1 nitrogen and oxygen atoms in total. The Morgan fingerprint density at radius 2 is 2.12 bits per heavy atom. The van der Waals surface area contributed by atoms with Gasteiger partial charge in [-0.1, -0.05) is 11.6 Å². The first-order valence-corrected chi connectivity index (χ1v) is 7.54. The third-order valence-corrected chi connectivity index (χ3v) is 5.15. The lowest BCUT2D eigenvalue weighted by Crippen LogP contribution is -1.88. The number of thiophene rings is 1. The van der Waals surface area contributed by atoms with E-state index in [0.717, 1.165) is 20.1 Å². The zero-order valence-electron chi connectivity index (χ0n) is 8.24. The second kappa shape index (κ2) is 5.45. The van der Waals surface area contributed by atoms with Gasteiger partial charge in [0.15, 0.2) is 0 Å². The molecule has 0 fully saturated rings. The zero-order chi connectivity index (χ0) is 11.5. The predicted octanol–water partition coefficient (Wildman–Crippen LogP) is 5.04. The quantitative estimate of drug-likeness (QED) is 0.628. The van der Waals surface area contributed by atoms with Gasteiger partial charge in [-0.15, -0.1) is 23.1 Å². The summed E-state index contributed by atoms with van der Waals surface area (Å²) in [6.07, 6.45) is 0. The van der Waals surface area contributed by atoms with Crippen molar-refractivity contribution in [2.45, 2.75) is 10.6 Å². The van der Waals surface area contributed by atoms with Gasteiger partial charge >= 0.3 is 0 Å². The highest BCUT2D eigenvalue weighted by molar-refractivity contribution is 9.11. The van der Waals surface area contributed by atoms with Crippen LogP contribution in [0, 0.1) is 0 Å². The van der Waals surface area contributed by atoms with Gasteiger partial charge in [0.2, 0.25) is 0 Å². The minimum Gasteiger partial charge on any atom is -0.398 e. The fraction of sp³-hybridized carbons (Fsp3) is 0.0909. The monoisotopic (exact) mass is 333 g/mol. The second-order valence-corrected chi connectivity index (χ2v) is 7.18. The van der Waals surface area contributed by atoms with Gasteiger partial charge in [0.05, 0.1) is 3.79 Å². The summed E-state index contributed by atoms with van der Waals surface area (Å²) in [5.41, 5.74) is 6.62. The van der Waals surface area contributed by atoms with Crippen molar-refractivity contribution in [3.63, 3.8) is 0 Å². The largest absolute Gasteiger partial charge is 0.398 e. The molecule has 16 heavy (non-hydrogen) atoms. The molecule has 2 rings (SSSR count). The van der Waals surface area contributed by atoms with Crippen LogP contribution in [0.4, 0.5) is 5.69 Å². The van der Waals surface area contributed by atoms with E-state index >= 15 is 0 Å². The van der Waals surface area contributed by atoms with Gasteiger partial charge in [-0.2, -0.15) is 0 Å². The molecular weight excluding hydrogens is 326 g/mol. The average molecular weight is 335 g/mol. The molecular formula is C11H9BrClNS2. The number of halogens is 2. The lowest BCUT2D eigenvalue weighted by Gasteiger charge is -2.04. The van der Waals surface area contributed by atoms with Crippen molar-refractivity contribution in [1.82, 2.24) is 0 Å². The summed E-state index contributed by atoms with van der Waals surface area (Å²) >= 11 is 12.8. The number of hydrogen-bond acceptors (Lipinski definition) is 3. The first-order chi connectivity index (χ1) is 7.65. The standard InChI is InChI=1S/C11H9BrClNS2/c12-11-4-2-8(16-11)6-15-10-3-1-7(13)5-9(10)14/h1-5H,6,14H2. The van der Waals surface area contributed by atoms with Crippen LogP contribution in [0.1, 0.15) is 4.88 Å². The van der Waals surface area contributed by atoms with Crippen LogP contribution < -0.4 is 5.73 Å². The van der Waals surface area contributed by atoms with Crippen LogP contribution >= 0.6 is 50.6 Å². The zero-order valence-corrected chi connectivity index (χ0v) is 12.2. The Hall–Kier alpha value is -0.160. The fourth-order valence-electron chi connectivity index (χ4n) is 1.23. The topological polar surface area (TPSA) is 26.0 Å². The van der Waals surface area contributed by atoms with Crippen LogP contribution in [0.2, 0.25) is 5.02 Å². The maximum Gasteiger partial charge on any atom is 0.0701 e. The number of nitrogen functional groups attached to an aromatic ring is 1. The summed E-state index contributed by atoms with van der Waals surface area (Å²) in [7, 11) is 0. The third-order valence-electron chi connectivity index (χ3n) is 1.97. The highest BCUT2D eigenvalue weighted by atomic mass is 79.9. The molecule has 84 valence electrons. The van der Waals surface area contributed by atoms with Gasteiger partial charge in [0, 0.05) is 26.2 Å². The molecule has 0 amide bonds. The minimum atomic E-state index is 0.681. The van der Waals surface area contributed by atoms with Crippen LogP contribution in [0.5, 0.6) is 0 Å². The van der Waals surface area contributed by atoms with Crippen molar-refractivity contribution in [3.05, 3.63) is 44.0 Å². The Kier molecular flexibility index (Phi) is 4.19. The number of nitrogens with two attached hydrogens (primary N) is 1. The molecule has 0 bridgehead atoms. The number of hydrogen-bond donors (Lipinski definition) is 1. The van der Waals surface area contributed by atoms with Crippen molar-refractivity contribution in [2.24, 2.45) is 0 Å². The van der Waals surface area contributed by atoms with Gasteiger partial charge in [0.1, 0.15) is 0 Å². The molecule has 1 aromatic carbocycles. The van der Waals surface area contributed by atoms with E-state index in [1.165, 1.54) is 4.88 Å². The van der Waals surface area contributed by atoms with E-state index in [9.17, 15) is 0 Å². The van der Waals surface area contributed by atoms with Gasteiger partial charge in [-0.3, -0.25) is 0 Å². The smallest absolute Gasteiger partial charge is 0.0701 e. The van der Waals surface area contributed by atoms with E-state index in [4.69, 9.17) is 17.3 Å². The summed E-state index contributed by atoms with van der Waals surface area (Å²) < 4.78 is 1.16. The number of thioether (sulfide) groups is 1. The SMILES string of the molecule is Nc1cc(Cl)ccc1SCc1ccc(Br)s1. The van der Waals surface area contributed by atoms with E-state index in [0.29, 0.717) is 5.02 Å². The van der Waals surface area contributed by atoms with Crippen molar-refractivity contribution in [2.75, 3.05) is 5.73 Å². The molecule has 0 unspecified atom stereocenters. The molecule has 0 saturated carbocycles. The number of rotatable bonds is 3. The fourth-order valence-corrected chi connectivity index (χ4v) is 3.88. The highest BCUT2D eigenvalue weighted by Crippen LogP contribution is 2.32. The molecule has 0 atom stereocenters. The molecule has 0 saturated heterocycles. The third kappa shape index (κ3) is 3.17. The predicted molar refractivity (Wildman–Crippen MR) is 77.4 cm³/mol. The van der Waals surface area contributed by atoms with Crippen molar-refractivity contribution in [1.29, 1.82) is 0 Å². The summed E-state index contributed by atoms with van der Waals surface area (Å²) in [5.74, 6) is 0.933. The van der Waals surface area contributed by atoms with Crippen LogP contribution in [0.25, 0.3) is 0 Å². The normalized spacial score (nSPS) is 10.6. The second-order valence-electron chi connectivity index (χ2n) is 3.18. The molecule has 2 aromatic rings. The Bertz CT molecular complexity index is 498. The maximum atomic E-state index is 5.88. The average Bonchev–Trinajstić information content (AvgIpc) is 2.63. The van der Waals surface area contributed by atoms with Crippen LogP contribution in [-0.2, 0) is 5.75 Å². The van der Waals surface area contributed by atoms with E-state index in [-0.39, 0.29) is 0 Å². The molecule has 1 heterocycles. The van der Waals surface area contributed by atoms with E-state index < -0.39 is 0 Å². The van der Waals surface area contributed by atoms with Gasteiger partial charge in [-0.25, -0.2) is 0 Å². The summed E-state index contributed by atoms with van der Waals surface area (Å²) in [6.45, 7) is 0. The first kappa shape index (κ1) is 12.3. The Morgan fingerprint density at radius 1 is 1.31 bits per heavy atom. The Balaban J connectivity index is 2.04. The maximum absolute atomic E-state index is 5.88. The molecule has 0 radical (unpaired) electrons. The van der Waals surface area contributed by atoms with E-state index in [2.05, 4.69) is 28.1 Å². The minimum absolute atomic E-state index is 0.681. The Labute approximate surface area is 116 Å². The van der Waals surface area contributed by atoms with E-state index in [1.807, 2.05) is 12.1 Å². The molecule has 0 aliphatic heterocycles. The molecule has 1 aromatic heterocycles. The number of anilines is 1. The van der Waals surface area contributed by atoms with Gasteiger partial charge < -0.3 is 5.73 Å². The van der Waals surface area contributed by atoms with Crippen molar-refractivity contribution >= 4 is 56.3 Å². The summed E-state index contributed by atoms with van der Waals surface area (Å²) in [6, 6.07) is 9.80. The summed E-state index contributed by atoms with van der Waals surface area (Å²) in [5, 5.41) is 0.681. The molecule has 2 N–H and O–H groups in total. The number of benzene rings is 1. The van der Waals surface area contributed by atoms with Crippen molar-refractivity contribution in [3.8, 4) is 0 Å². The van der Waals surface area contributed by atoms with Gasteiger partial charge in [-0.05, 0) is 46.3 Å².